The molecule has 1 N–H and O–H groups in total. The third-order valence-electron chi connectivity index (χ3n) is 6.27. The van der Waals surface area contributed by atoms with Crippen molar-refractivity contribution in [1.82, 2.24) is 9.80 Å². The van der Waals surface area contributed by atoms with E-state index in [9.17, 15) is 13.2 Å². The standard InChI is InChI=1S/C24H29N3O5S/c28-24(27-10-2-9-26(11-12-27)17-18-5-6-18)19-3-1-4-20(15-19)25-33(29,30)21-7-8-22-23(16-21)32-14-13-31-22/h1,3-4,7-8,15-16,18,25H,2,5-6,9-14,17H2. The molecule has 1 aliphatic carbocycles. The predicted octanol–water partition coefficient (Wildman–Crippen LogP) is 2.82. The number of nitrogens with one attached hydrogen (secondary N) is 1. The lowest BCUT2D eigenvalue weighted by Gasteiger charge is -2.22. The summed E-state index contributed by atoms with van der Waals surface area (Å²) in [4.78, 5) is 17.6. The Labute approximate surface area is 194 Å². The third kappa shape index (κ3) is 5.25. The fourth-order valence-corrected chi connectivity index (χ4v) is 5.39. The second kappa shape index (κ2) is 9.23. The van der Waals surface area contributed by atoms with Crippen molar-refractivity contribution in [3.8, 4) is 11.5 Å². The highest BCUT2D eigenvalue weighted by atomic mass is 32.2. The van der Waals surface area contributed by atoms with E-state index in [4.69, 9.17) is 9.47 Å². The van der Waals surface area contributed by atoms with Gasteiger partial charge in [-0.05, 0) is 62.1 Å². The van der Waals surface area contributed by atoms with Gasteiger partial charge in [0.25, 0.3) is 15.9 Å². The van der Waals surface area contributed by atoms with Gasteiger partial charge in [0.2, 0.25) is 0 Å². The van der Waals surface area contributed by atoms with E-state index in [0.29, 0.717) is 49.1 Å². The number of fused-ring (bicyclic) bond motifs is 1. The first-order valence-corrected chi connectivity index (χ1v) is 13.0. The van der Waals surface area contributed by atoms with Gasteiger partial charge in [-0.15, -0.1) is 0 Å². The first-order chi connectivity index (χ1) is 16.0. The highest BCUT2D eigenvalue weighted by Gasteiger charge is 2.27. The minimum Gasteiger partial charge on any atom is -0.486 e. The Kier molecular flexibility index (Phi) is 6.16. The molecule has 33 heavy (non-hydrogen) atoms. The summed E-state index contributed by atoms with van der Waals surface area (Å²) >= 11 is 0. The van der Waals surface area contributed by atoms with Gasteiger partial charge in [0, 0.05) is 43.5 Å². The lowest BCUT2D eigenvalue weighted by Crippen LogP contribution is -2.35. The Morgan fingerprint density at radius 1 is 0.970 bits per heavy atom. The molecule has 1 saturated heterocycles. The van der Waals surface area contributed by atoms with Crippen LogP contribution in [0.5, 0.6) is 11.5 Å². The van der Waals surface area contributed by atoms with E-state index >= 15 is 0 Å². The van der Waals surface area contributed by atoms with Gasteiger partial charge in [0.05, 0.1) is 4.90 Å². The van der Waals surface area contributed by atoms with Crippen molar-refractivity contribution in [3.63, 3.8) is 0 Å². The van der Waals surface area contributed by atoms with Crippen LogP contribution in [0.2, 0.25) is 0 Å². The van der Waals surface area contributed by atoms with Crippen LogP contribution in [0.25, 0.3) is 0 Å². The van der Waals surface area contributed by atoms with Gasteiger partial charge in [-0.1, -0.05) is 6.07 Å². The summed E-state index contributed by atoms with van der Waals surface area (Å²) in [7, 11) is -3.85. The normalized spacial score (nSPS) is 19.1. The topological polar surface area (TPSA) is 88.2 Å². The summed E-state index contributed by atoms with van der Waals surface area (Å²) in [5.74, 6) is 1.71. The molecule has 2 aromatic carbocycles. The van der Waals surface area contributed by atoms with Crippen molar-refractivity contribution in [3.05, 3.63) is 48.0 Å². The number of benzene rings is 2. The quantitative estimate of drug-likeness (QED) is 0.697. The zero-order chi connectivity index (χ0) is 22.8. The van der Waals surface area contributed by atoms with Crippen LogP contribution in [-0.4, -0.2) is 70.1 Å². The molecule has 2 heterocycles. The summed E-state index contributed by atoms with van der Waals surface area (Å²) < 4.78 is 39.4. The fourth-order valence-electron chi connectivity index (χ4n) is 4.33. The number of hydrogen-bond acceptors (Lipinski definition) is 6. The van der Waals surface area contributed by atoms with Crippen molar-refractivity contribution >= 4 is 21.6 Å². The molecule has 2 aliphatic heterocycles. The van der Waals surface area contributed by atoms with E-state index < -0.39 is 10.0 Å². The maximum atomic E-state index is 13.1. The number of rotatable bonds is 6. The number of carbonyl (C=O) groups is 1. The largest absolute Gasteiger partial charge is 0.486 e. The summed E-state index contributed by atoms with van der Waals surface area (Å²) in [6, 6.07) is 11.2. The maximum absolute atomic E-state index is 13.1. The molecule has 0 unspecified atom stereocenters. The van der Waals surface area contributed by atoms with Crippen molar-refractivity contribution < 1.29 is 22.7 Å². The predicted molar refractivity (Wildman–Crippen MR) is 124 cm³/mol. The van der Waals surface area contributed by atoms with Crippen LogP contribution >= 0.6 is 0 Å². The summed E-state index contributed by atoms with van der Waals surface area (Å²) in [5, 5.41) is 0. The molecular formula is C24H29N3O5S. The zero-order valence-electron chi connectivity index (χ0n) is 18.5. The number of ether oxygens (including phenoxy) is 2. The van der Waals surface area contributed by atoms with Gasteiger partial charge >= 0.3 is 0 Å². The highest BCUT2D eigenvalue weighted by molar-refractivity contribution is 7.92. The molecule has 2 fully saturated rings. The highest BCUT2D eigenvalue weighted by Crippen LogP contribution is 2.33. The molecular weight excluding hydrogens is 442 g/mol. The summed E-state index contributed by atoms with van der Waals surface area (Å²) in [5.41, 5.74) is 0.828. The number of amides is 1. The first kappa shape index (κ1) is 22.0. The number of sulfonamides is 1. The average Bonchev–Trinajstić information content (AvgIpc) is 3.66. The number of anilines is 1. The molecule has 1 saturated carbocycles. The monoisotopic (exact) mass is 471 g/mol. The van der Waals surface area contributed by atoms with Crippen LogP contribution in [0, 0.1) is 5.92 Å². The maximum Gasteiger partial charge on any atom is 0.262 e. The number of hydrogen-bond donors (Lipinski definition) is 1. The SMILES string of the molecule is O=C(c1cccc(NS(=O)(=O)c2ccc3c(c2)OCCO3)c1)N1CCCN(CC2CC2)CC1. The second-order valence-electron chi connectivity index (χ2n) is 8.88. The van der Waals surface area contributed by atoms with Crippen molar-refractivity contribution in [2.45, 2.75) is 24.2 Å². The van der Waals surface area contributed by atoms with E-state index in [-0.39, 0.29) is 10.8 Å². The van der Waals surface area contributed by atoms with Crippen LogP contribution in [0.4, 0.5) is 5.69 Å². The van der Waals surface area contributed by atoms with E-state index in [1.165, 1.54) is 25.0 Å². The van der Waals surface area contributed by atoms with Gasteiger partial charge in [0.15, 0.2) is 11.5 Å². The molecule has 0 bridgehead atoms. The fraction of sp³-hybridized carbons (Fsp3) is 0.458. The third-order valence-corrected chi connectivity index (χ3v) is 7.65. The number of nitrogens with zero attached hydrogens (tertiary/aromatic N) is 2. The molecule has 176 valence electrons. The Balaban J connectivity index is 1.27. The summed E-state index contributed by atoms with van der Waals surface area (Å²) in [6.45, 7) is 5.27. The van der Waals surface area contributed by atoms with E-state index in [1.807, 2.05) is 4.90 Å². The average molecular weight is 472 g/mol. The van der Waals surface area contributed by atoms with Gasteiger partial charge < -0.3 is 19.3 Å². The van der Waals surface area contributed by atoms with Gasteiger partial charge in [-0.3, -0.25) is 9.52 Å². The Hall–Kier alpha value is -2.78. The van der Waals surface area contributed by atoms with Crippen molar-refractivity contribution in [2.75, 3.05) is 50.7 Å². The zero-order valence-corrected chi connectivity index (χ0v) is 19.4. The van der Waals surface area contributed by atoms with E-state index in [0.717, 1.165) is 32.0 Å². The van der Waals surface area contributed by atoms with Crippen LogP contribution < -0.4 is 14.2 Å². The molecule has 2 aromatic rings. The molecule has 0 atom stereocenters. The van der Waals surface area contributed by atoms with Crippen molar-refractivity contribution in [2.24, 2.45) is 5.92 Å². The Morgan fingerprint density at radius 2 is 1.79 bits per heavy atom. The summed E-state index contributed by atoms with van der Waals surface area (Å²) in [6.07, 6.45) is 3.61. The van der Waals surface area contributed by atoms with Gasteiger partial charge in [-0.25, -0.2) is 8.42 Å². The van der Waals surface area contributed by atoms with E-state index in [1.54, 1.807) is 30.3 Å². The van der Waals surface area contributed by atoms with Gasteiger partial charge in [0.1, 0.15) is 13.2 Å². The molecule has 9 heteroatoms. The first-order valence-electron chi connectivity index (χ1n) is 11.5. The van der Waals surface area contributed by atoms with Crippen molar-refractivity contribution in [1.29, 1.82) is 0 Å². The molecule has 0 spiro atoms. The molecule has 5 rings (SSSR count). The second-order valence-corrected chi connectivity index (χ2v) is 10.6. The van der Waals surface area contributed by atoms with Crippen LogP contribution in [0.3, 0.4) is 0 Å². The Morgan fingerprint density at radius 3 is 2.61 bits per heavy atom. The molecule has 0 aromatic heterocycles. The minimum absolute atomic E-state index is 0.0661. The molecule has 0 radical (unpaired) electrons. The van der Waals surface area contributed by atoms with Crippen LogP contribution in [0.15, 0.2) is 47.4 Å². The van der Waals surface area contributed by atoms with E-state index in [2.05, 4.69) is 9.62 Å². The number of carbonyl (C=O) groups excluding carboxylic acids is 1. The molecule has 1 amide bonds. The van der Waals surface area contributed by atoms with Gasteiger partial charge in [-0.2, -0.15) is 0 Å². The lowest BCUT2D eigenvalue weighted by atomic mass is 10.1. The van der Waals surface area contributed by atoms with Crippen LogP contribution in [0.1, 0.15) is 29.6 Å². The lowest BCUT2D eigenvalue weighted by molar-refractivity contribution is 0.0761. The smallest absolute Gasteiger partial charge is 0.262 e. The molecule has 8 nitrogen and oxygen atoms in total. The minimum atomic E-state index is -3.85. The van der Waals surface area contributed by atoms with Crippen LogP contribution in [-0.2, 0) is 10.0 Å². The molecule has 3 aliphatic rings. The Bertz CT molecular complexity index is 1130.